The van der Waals surface area contributed by atoms with Gasteiger partial charge in [-0.1, -0.05) is 76.6 Å². The van der Waals surface area contributed by atoms with Crippen LogP contribution in [0.25, 0.3) is 11.1 Å². The SMILES string of the molecule is CC(c1ccc(Br)cc1)N(CC1c2ccccc2-c2ccccc21)C(=O)O. The summed E-state index contributed by atoms with van der Waals surface area (Å²) < 4.78 is 0.985. The molecule has 1 aliphatic rings. The van der Waals surface area contributed by atoms with Gasteiger partial charge in [0.2, 0.25) is 0 Å². The largest absolute Gasteiger partial charge is 0.465 e. The van der Waals surface area contributed by atoms with Gasteiger partial charge in [0.25, 0.3) is 0 Å². The van der Waals surface area contributed by atoms with Crippen LogP contribution >= 0.6 is 15.9 Å². The van der Waals surface area contributed by atoms with E-state index in [4.69, 9.17) is 0 Å². The van der Waals surface area contributed by atoms with E-state index in [2.05, 4.69) is 40.2 Å². The molecule has 0 spiro atoms. The smallest absolute Gasteiger partial charge is 0.407 e. The Hall–Kier alpha value is -2.59. The molecule has 0 radical (unpaired) electrons. The van der Waals surface area contributed by atoms with Crippen LogP contribution in [0.5, 0.6) is 0 Å². The number of rotatable bonds is 4. The van der Waals surface area contributed by atoms with E-state index in [0.29, 0.717) is 6.54 Å². The van der Waals surface area contributed by atoms with Gasteiger partial charge in [0.15, 0.2) is 0 Å². The number of hydrogen-bond acceptors (Lipinski definition) is 1. The Labute approximate surface area is 167 Å². The molecule has 0 saturated carbocycles. The van der Waals surface area contributed by atoms with E-state index in [0.717, 1.165) is 10.0 Å². The molecule has 0 heterocycles. The Morgan fingerprint density at radius 2 is 1.48 bits per heavy atom. The van der Waals surface area contributed by atoms with Crippen LogP contribution in [0.2, 0.25) is 0 Å². The second-order valence-corrected chi connectivity index (χ2v) is 7.81. The second-order valence-electron chi connectivity index (χ2n) is 6.89. The third kappa shape index (κ3) is 3.26. The summed E-state index contributed by atoms with van der Waals surface area (Å²) in [6, 6.07) is 24.2. The zero-order chi connectivity index (χ0) is 19.0. The molecule has 0 saturated heterocycles. The van der Waals surface area contributed by atoms with Gasteiger partial charge in [0.05, 0.1) is 6.04 Å². The van der Waals surface area contributed by atoms with Crippen LogP contribution in [0.4, 0.5) is 4.79 Å². The molecule has 4 rings (SSSR count). The summed E-state index contributed by atoms with van der Waals surface area (Å²) >= 11 is 3.44. The lowest BCUT2D eigenvalue weighted by Crippen LogP contribution is -2.35. The number of carbonyl (C=O) groups is 1. The number of halogens is 1. The van der Waals surface area contributed by atoms with Gasteiger partial charge in [-0.2, -0.15) is 0 Å². The molecule has 136 valence electrons. The molecule has 27 heavy (non-hydrogen) atoms. The Bertz CT molecular complexity index is 938. The molecule has 0 aliphatic heterocycles. The summed E-state index contributed by atoms with van der Waals surface area (Å²) in [7, 11) is 0. The van der Waals surface area contributed by atoms with Crippen molar-refractivity contribution >= 4 is 22.0 Å². The fraction of sp³-hybridized carbons (Fsp3) is 0.174. The van der Waals surface area contributed by atoms with Crippen molar-refractivity contribution in [3.05, 3.63) is 94.0 Å². The van der Waals surface area contributed by atoms with Crippen molar-refractivity contribution in [1.82, 2.24) is 4.90 Å². The Kier molecular flexibility index (Phi) is 4.75. The third-order valence-electron chi connectivity index (χ3n) is 5.41. The number of benzene rings is 3. The summed E-state index contributed by atoms with van der Waals surface area (Å²) in [5, 5.41) is 9.93. The predicted molar refractivity (Wildman–Crippen MR) is 111 cm³/mol. The van der Waals surface area contributed by atoms with Crippen LogP contribution in [-0.2, 0) is 0 Å². The van der Waals surface area contributed by atoms with Crippen molar-refractivity contribution < 1.29 is 9.90 Å². The minimum Gasteiger partial charge on any atom is -0.465 e. The van der Waals surface area contributed by atoms with Gasteiger partial charge in [0.1, 0.15) is 0 Å². The number of amides is 1. The van der Waals surface area contributed by atoms with Crippen LogP contribution < -0.4 is 0 Å². The third-order valence-corrected chi connectivity index (χ3v) is 5.94. The molecule has 1 amide bonds. The summed E-state index contributed by atoms with van der Waals surface area (Å²) in [4.78, 5) is 13.7. The van der Waals surface area contributed by atoms with Gasteiger partial charge < -0.3 is 10.0 Å². The van der Waals surface area contributed by atoms with Crippen molar-refractivity contribution in [3.8, 4) is 11.1 Å². The maximum Gasteiger partial charge on any atom is 0.407 e. The average molecular weight is 422 g/mol. The van der Waals surface area contributed by atoms with E-state index >= 15 is 0 Å². The Morgan fingerprint density at radius 1 is 0.963 bits per heavy atom. The van der Waals surface area contributed by atoms with E-state index in [-0.39, 0.29) is 12.0 Å². The topological polar surface area (TPSA) is 40.5 Å². The highest BCUT2D eigenvalue weighted by Gasteiger charge is 2.32. The van der Waals surface area contributed by atoms with Crippen molar-refractivity contribution in [2.45, 2.75) is 18.9 Å². The molecular formula is C23H20BrNO2. The average Bonchev–Trinajstić information content (AvgIpc) is 3.00. The summed E-state index contributed by atoms with van der Waals surface area (Å²) in [6.07, 6.45) is -0.896. The predicted octanol–water partition coefficient (Wildman–Crippen LogP) is 6.30. The molecular weight excluding hydrogens is 402 g/mol. The molecule has 1 N–H and O–H groups in total. The Balaban J connectivity index is 1.70. The fourth-order valence-electron chi connectivity index (χ4n) is 3.98. The molecule has 4 heteroatoms. The van der Waals surface area contributed by atoms with E-state index in [9.17, 15) is 9.90 Å². The standard InChI is InChI=1S/C23H20BrNO2/c1-15(16-10-12-17(24)13-11-16)25(23(26)27)14-22-20-8-4-2-6-18(20)19-7-3-5-9-21(19)22/h2-13,15,22H,14H2,1H3,(H,26,27). The number of nitrogens with zero attached hydrogens (tertiary/aromatic N) is 1. The molecule has 3 nitrogen and oxygen atoms in total. The fourth-order valence-corrected chi connectivity index (χ4v) is 4.24. The first kappa shape index (κ1) is 17.8. The van der Waals surface area contributed by atoms with Gasteiger partial charge in [-0.3, -0.25) is 0 Å². The summed E-state index contributed by atoms with van der Waals surface area (Å²) in [5.74, 6) is 0.0476. The van der Waals surface area contributed by atoms with Crippen molar-refractivity contribution in [2.75, 3.05) is 6.54 Å². The van der Waals surface area contributed by atoms with Crippen molar-refractivity contribution in [3.63, 3.8) is 0 Å². The van der Waals surface area contributed by atoms with Crippen LogP contribution in [0.3, 0.4) is 0 Å². The quantitative estimate of drug-likeness (QED) is 0.536. The van der Waals surface area contributed by atoms with E-state index < -0.39 is 6.09 Å². The van der Waals surface area contributed by atoms with Gasteiger partial charge >= 0.3 is 6.09 Å². The lowest BCUT2D eigenvalue weighted by atomic mass is 9.95. The van der Waals surface area contributed by atoms with Crippen LogP contribution in [0, 0.1) is 0 Å². The monoisotopic (exact) mass is 421 g/mol. The van der Waals surface area contributed by atoms with Gasteiger partial charge in [0, 0.05) is 16.9 Å². The van der Waals surface area contributed by atoms with E-state index in [1.807, 2.05) is 55.5 Å². The first-order valence-electron chi connectivity index (χ1n) is 8.99. The molecule has 0 fully saturated rings. The van der Waals surface area contributed by atoms with Crippen LogP contribution in [0.1, 0.15) is 35.6 Å². The number of hydrogen-bond donors (Lipinski definition) is 1. The number of fused-ring (bicyclic) bond motifs is 3. The van der Waals surface area contributed by atoms with E-state index in [1.165, 1.54) is 22.3 Å². The van der Waals surface area contributed by atoms with Crippen molar-refractivity contribution in [2.24, 2.45) is 0 Å². The van der Waals surface area contributed by atoms with Gasteiger partial charge in [-0.25, -0.2) is 4.79 Å². The maximum atomic E-state index is 12.1. The molecule has 3 aromatic carbocycles. The van der Waals surface area contributed by atoms with E-state index in [1.54, 1.807) is 4.90 Å². The van der Waals surface area contributed by atoms with Crippen molar-refractivity contribution in [1.29, 1.82) is 0 Å². The minimum atomic E-state index is -0.896. The molecule has 1 unspecified atom stereocenters. The molecule has 0 bridgehead atoms. The number of carboxylic acid groups (broad SMARTS) is 1. The van der Waals surface area contributed by atoms with Crippen LogP contribution in [0.15, 0.2) is 77.3 Å². The Morgan fingerprint density at radius 3 is 2.00 bits per heavy atom. The molecule has 0 aromatic heterocycles. The molecule has 1 aliphatic carbocycles. The van der Waals surface area contributed by atoms with Gasteiger partial charge in [-0.05, 0) is 46.9 Å². The highest BCUT2D eigenvalue weighted by molar-refractivity contribution is 9.10. The zero-order valence-electron chi connectivity index (χ0n) is 15.0. The second kappa shape index (κ2) is 7.20. The zero-order valence-corrected chi connectivity index (χ0v) is 16.6. The summed E-state index contributed by atoms with van der Waals surface area (Å²) in [5.41, 5.74) is 5.81. The molecule has 3 aromatic rings. The lowest BCUT2D eigenvalue weighted by molar-refractivity contribution is 0.126. The van der Waals surface area contributed by atoms with Crippen LogP contribution in [-0.4, -0.2) is 22.6 Å². The maximum absolute atomic E-state index is 12.1. The molecule has 1 atom stereocenters. The summed E-state index contributed by atoms with van der Waals surface area (Å²) in [6.45, 7) is 2.38. The highest BCUT2D eigenvalue weighted by atomic mass is 79.9. The lowest BCUT2D eigenvalue weighted by Gasteiger charge is -2.30. The highest BCUT2D eigenvalue weighted by Crippen LogP contribution is 2.45. The first-order chi connectivity index (χ1) is 13.1. The van der Waals surface area contributed by atoms with Gasteiger partial charge in [-0.15, -0.1) is 0 Å². The normalized spacial score (nSPS) is 13.7. The minimum absolute atomic E-state index is 0.0476. The first-order valence-corrected chi connectivity index (χ1v) is 9.79.